The van der Waals surface area contributed by atoms with Crippen molar-refractivity contribution in [3.63, 3.8) is 0 Å². The summed E-state index contributed by atoms with van der Waals surface area (Å²) in [6.45, 7) is 0.249. The highest BCUT2D eigenvalue weighted by Crippen LogP contribution is 2.31. The SMILES string of the molecule is Cn1c2nc(Cc3cc[nH]n3)sc2c2cnn(Cc3c[nH]c(N)n3)c(=O)c21. The van der Waals surface area contributed by atoms with Gasteiger partial charge in [-0.15, -0.1) is 11.3 Å². The summed E-state index contributed by atoms with van der Waals surface area (Å²) in [6, 6.07) is 1.92. The topological polar surface area (TPSA) is 136 Å². The Morgan fingerprint density at radius 2 is 2.19 bits per heavy atom. The number of hydrogen-bond acceptors (Lipinski definition) is 7. The first-order chi connectivity index (χ1) is 13.1. The number of nitrogens with one attached hydrogen (secondary N) is 2. The third-order valence-corrected chi connectivity index (χ3v) is 5.50. The highest BCUT2D eigenvalue weighted by atomic mass is 32.1. The molecule has 5 aromatic heterocycles. The summed E-state index contributed by atoms with van der Waals surface area (Å²) in [7, 11) is 1.85. The molecule has 4 N–H and O–H groups in total. The fourth-order valence-electron chi connectivity index (χ4n) is 3.18. The molecule has 0 atom stereocenters. The minimum atomic E-state index is -0.185. The van der Waals surface area contributed by atoms with E-state index in [9.17, 15) is 4.79 Å². The van der Waals surface area contributed by atoms with Crippen LogP contribution in [0, 0.1) is 0 Å². The molecule has 27 heavy (non-hydrogen) atoms. The summed E-state index contributed by atoms with van der Waals surface area (Å²) in [5.41, 5.74) is 8.34. The zero-order valence-corrected chi connectivity index (χ0v) is 15.1. The fraction of sp³-hybridized carbons (Fsp3) is 0.188. The molecule has 5 aromatic rings. The van der Waals surface area contributed by atoms with Crippen LogP contribution >= 0.6 is 11.3 Å². The van der Waals surface area contributed by atoms with Crippen molar-refractivity contribution in [3.05, 3.63) is 51.4 Å². The molecule has 0 amide bonds. The average Bonchev–Trinajstić information content (AvgIpc) is 3.40. The van der Waals surface area contributed by atoms with Crippen LogP contribution in [-0.4, -0.2) is 39.5 Å². The second kappa shape index (κ2) is 5.77. The Bertz CT molecular complexity index is 1320. The summed E-state index contributed by atoms with van der Waals surface area (Å²) in [4.78, 5) is 24.6. The van der Waals surface area contributed by atoms with E-state index in [4.69, 9.17) is 10.7 Å². The predicted molar refractivity (Wildman–Crippen MR) is 102 cm³/mol. The molecule has 0 unspecified atom stereocenters. The number of thiazole rings is 1. The van der Waals surface area contributed by atoms with Crippen LogP contribution in [0.5, 0.6) is 0 Å². The maximum Gasteiger partial charge on any atom is 0.291 e. The number of anilines is 1. The first-order valence-electron chi connectivity index (χ1n) is 8.22. The number of H-pyrrole nitrogens is 2. The molecule has 0 saturated carbocycles. The molecule has 5 heterocycles. The zero-order valence-electron chi connectivity index (χ0n) is 14.3. The number of hydrogen-bond donors (Lipinski definition) is 3. The number of rotatable bonds is 4. The monoisotopic (exact) mass is 381 g/mol. The summed E-state index contributed by atoms with van der Waals surface area (Å²) < 4.78 is 4.17. The van der Waals surface area contributed by atoms with Crippen LogP contribution < -0.4 is 11.3 Å². The third kappa shape index (κ3) is 2.51. The molecule has 0 spiro atoms. The van der Waals surface area contributed by atoms with Crippen LogP contribution in [0.3, 0.4) is 0 Å². The first-order valence-corrected chi connectivity index (χ1v) is 9.04. The highest BCUT2D eigenvalue weighted by molar-refractivity contribution is 7.19. The number of aryl methyl sites for hydroxylation is 1. The van der Waals surface area contributed by atoms with Crippen molar-refractivity contribution in [2.75, 3.05) is 5.73 Å². The van der Waals surface area contributed by atoms with Gasteiger partial charge in [-0.2, -0.15) is 10.2 Å². The van der Waals surface area contributed by atoms with E-state index in [1.807, 2.05) is 17.7 Å². The molecular weight excluding hydrogens is 366 g/mol. The molecule has 0 bridgehead atoms. The molecule has 0 saturated heterocycles. The van der Waals surface area contributed by atoms with E-state index >= 15 is 0 Å². The van der Waals surface area contributed by atoms with Gasteiger partial charge in [0.2, 0.25) is 0 Å². The van der Waals surface area contributed by atoms with Gasteiger partial charge in [-0.3, -0.25) is 9.89 Å². The highest BCUT2D eigenvalue weighted by Gasteiger charge is 2.18. The lowest BCUT2D eigenvalue weighted by Gasteiger charge is -2.03. The smallest absolute Gasteiger partial charge is 0.291 e. The molecule has 0 aliphatic rings. The summed E-state index contributed by atoms with van der Waals surface area (Å²) in [5, 5.41) is 13.0. The van der Waals surface area contributed by atoms with Crippen molar-refractivity contribution < 1.29 is 0 Å². The number of imidazole rings is 1. The fourth-order valence-corrected chi connectivity index (χ4v) is 4.30. The molecule has 11 heteroatoms. The molecule has 0 fully saturated rings. The van der Waals surface area contributed by atoms with Crippen LogP contribution in [0.4, 0.5) is 5.95 Å². The van der Waals surface area contributed by atoms with Gasteiger partial charge in [0, 0.05) is 31.2 Å². The lowest BCUT2D eigenvalue weighted by molar-refractivity contribution is 0.635. The number of aromatic nitrogens is 8. The van der Waals surface area contributed by atoms with E-state index in [0.717, 1.165) is 26.4 Å². The van der Waals surface area contributed by atoms with Gasteiger partial charge in [0.15, 0.2) is 11.6 Å². The van der Waals surface area contributed by atoms with Crippen molar-refractivity contribution in [1.29, 1.82) is 0 Å². The summed E-state index contributed by atoms with van der Waals surface area (Å²) in [5.74, 6) is 0.312. The van der Waals surface area contributed by atoms with Crippen molar-refractivity contribution >= 4 is 38.5 Å². The summed E-state index contributed by atoms with van der Waals surface area (Å²) >= 11 is 1.56. The van der Waals surface area contributed by atoms with Gasteiger partial charge < -0.3 is 15.3 Å². The van der Waals surface area contributed by atoms with E-state index < -0.39 is 0 Å². The minimum Gasteiger partial charge on any atom is -0.369 e. The van der Waals surface area contributed by atoms with Crippen molar-refractivity contribution in [1.82, 2.24) is 39.5 Å². The van der Waals surface area contributed by atoms with Crippen molar-refractivity contribution in [3.8, 4) is 0 Å². The van der Waals surface area contributed by atoms with Crippen LogP contribution in [0.1, 0.15) is 16.4 Å². The van der Waals surface area contributed by atoms with Crippen LogP contribution in [0.2, 0.25) is 0 Å². The van der Waals surface area contributed by atoms with E-state index in [-0.39, 0.29) is 12.1 Å². The Morgan fingerprint density at radius 1 is 1.30 bits per heavy atom. The summed E-state index contributed by atoms with van der Waals surface area (Å²) in [6.07, 6.45) is 5.82. The van der Waals surface area contributed by atoms with Gasteiger partial charge in [-0.05, 0) is 6.07 Å². The number of nitrogens with zero attached hydrogens (tertiary/aromatic N) is 6. The molecule has 5 rings (SSSR count). The molecule has 0 aromatic carbocycles. The molecule has 136 valence electrons. The van der Waals surface area contributed by atoms with Crippen LogP contribution in [0.25, 0.3) is 21.3 Å². The van der Waals surface area contributed by atoms with Crippen molar-refractivity contribution in [2.45, 2.75) is 13.0 Å². The minimum absolute atomic E-state index is 0.185. The lowest BCUT2D eigenvalue weighted by atomic mass is 10.3. The zero-order chi connectivity index (χ0) is 18.5. The maximum atomic E-state index is 12.9. The normalized spacial score (nSPS) is 11.7. The standard InChI is InChI=1S/C16H15N9OS/c1-24-12-10(6-20-25(15(12)26)7-9-5-18-16(17)21-9)13-14(24)22-11(27-13)4-8-2-3-19-23-8/h2-3,5-6H,4,7H2,1H3,(H,19,23)(H3,17,18,21). The number of nitrogens with two attached hydrogens (primary N) is 1. The largest absolute Gasteiger partial charge is 0.369 e. The van der Waals surface area contributed by atoms with Gasteiger partial charge in [0.25, 0.3) is 5.56 Å². The van der Waals surface area contributed by atoms with E-state index in [1.165, 1.54) is 4.68 Å². The Balaban J connectivity index is 1.60. The molecular formula is C16H15N9OS. The van der Waals surface area contributed by atoms with Gasteiger partial charge in [0.1, 0.15) is 10.5 Å². The van der Waals surface area contributed by atoms with Gasteiger partial charge in [-0.1, -0.05) is 0 Å². The molecule has 0 radical (unpaired) electrons. The Hall–Kier alpha value is -3.47. The Morgan fingerprint density at radius 3 is 2.93 bits per heavy atom. The third-order valence-electron chi connectivity index (χ3n) is 4.42. The second-order valence-electron chi connectivity index (χ2n) is 6.21. The average molecular weight is 381 g/mol. The number of fused-ring (bicyclic) bond motifs is 3. The van der Waals surface area contributed by atoms with Gasteiger partial charge >= 0.3 is 0 Å². The van der Waals surface area contributed by atoms with E-state index in [2.05, 4.69) is 25.3 Å². The maximum absolute atomic E-state index is 12.9. The van der Waals surface area contributed by atoms with Crippen LogP contribution in [0.15, 0.2) is 29.5 Å². The van der Waals surface area contributed by atoms with E-state index in [0.29, 0.717) is 23.6 Å². The molecule has 0 aliphatic carbocycles. The predicted octanol–water partition coefficient (Wildman–Crippen LogP) is 1.01. The number of aromatic amines is 2. The van der Waals surface area contributed by atoms with Crippen molar-refractivity contribution in [2.24, 2.45) is 7.05 Å². The van der Waals surface area contributed by atoms with Gasteiger partial charge in [-0.25, -0.2) is 14.6 Å². The Labute approximate surface area is 155 Å². The second-order valence-corrected chi connectivity index (χ2v) is 7.29. The molecule has 0 aliphatic heterocycles. The Kier molecular flexibility index (Phi) is 3.37. The quantitative estimate of drug-likeness (QED) is 0.425. The first kappa shape index (κ1) is 15.8. The molecule has 10 nitrogen and oxygen atoms in total. The van der Waals surface area contributed by atoms with Crippen LogP contribution in [-0.2, 0) is 20.0 Å². The lowest BCUT2D eigenvalue weighted by Crippen LogP contribution is -2.24. The van der Waals surface area contributed by atoms with E-state index in [1.54, 1.807) is 29.9 Å². The van der Waals surface area contributed by atoms with Gasteiger partial charge in [0.05, 0.1) is 28.8 Å². The number of nitrogen functional groups attached to an aromatic ring is 1.